The molecule has 0 heterocycles. The highest BCUT2D eigenvalue weighted by atomic mass is 16.5. The predicted octanol–water partition coefficient (Wildman–Crippen LogP) is 5.82. The second-order valence-electron chi connectivity index (χ2n) is 6.86. The van der Waals surface area contributed by atoms with Crippen molar-refractivity contribution in [2.24, 2.45) is 0 Å². The van der Waals surface area contributed by atoms with Crippen molar-refractivity contribution in [3.05, 3.63) is 71.0 Å². The highest BCUT2D eigenvalue weighted by Gasteiger charge is 2.24. The van der Waals surface area contributed by atoms with E-state index in [0.29, 0.717) is 22.8 Å². The third-order valence-corrected chi connectivity index (χ3v) is 5.00. The fourth-order valence-corrected chi connectivity index (χ4v) is 3.38. The topological polar surface area (TPSA) is 47.9 Å². The number of hydrogen-bond donors (Lipinski definition) is 1. The van der Waals surface area contributed by atoms with Gasteiger partial charge >= 0.3 is 0 Å². The molecule has 4 nitrogen and oxygen atoms in total. The number of aliphatic hydroxyl groups excluding tert-OH is 1. The second-order valence-corrected chi connectivity index (χ2v) is 6.86. The van der Waals surface area contributed by atoms with Gasteiger partial charge < -0.3 is 19.3 Å². The Labute approximate surface area is 174 Å². The number of aliphatic hydroxyl groups is 1. The van der Waals surface area contributed by atoms with Crippen molar-refractivity contribution in [3.8, 4) is 17.2 Å². The van der Waals surface area contributed by atoms with Crippen molar-refractivity contribution in [1.82, 2.24) is 0 Å². The molecule has 29 heavy (non-hydrogen) atoms. The molecule has 0 unspecified atom stereocenters. The zero-order valence-corrected chi connectivity index (χ0v) is 18.1. The van der Waals surface area contributed by atoms with Crippen LogP contribution in [0.1, 0.15) is 56.3 Å². The Kier molecular flexibility index (Phi) is 8.85. The first-order valence-corrected chi connectivity index (χ1v) is 10.1. The minimum absolute atomic E-state index is 0.252. The van der Waals surface area contributed by atoms with Crippen molar-refractivity contribution in [1.29, 1.82) is 0 Å². The summed E-state index contributed by atoms with van der Waals surface area (Å²) in [7, 11) is 4.71. The van der Waals surface area contributed by atoms with E-state index in [1.807, 2.05) is 36.4 Å². The van der Waals surface area contributed by atoms with Crippen LogP contribution in [0.25, 0.3) is 0 Å². The number of benzene rings is 2. The van der Waals surface area contributed by atoms with Gasteiger partial charge in [0.05, 0.1) is 27.4 Å². The van der Waals surface area contributed by atoms with Crippen LogP contribution in [-0.2, 0) is 0 Å². The summed E-state index contributed by atoms with van der Waals surface area (Å²) in [5.41, 5.74) is 6.41. The van der Waals surface area contributed by atoms with Gasteiger partial charge in [0.2, 0.25) is 5.75 Å². The van der Waals surface area contributed by atoms with E-state index in [2.05, 4.69) is 19.6 Å². The molecule has 0 spiro atoms. The van der Waals surface area contributed by atoms with Crippen LogP contribution in [0.15, 0.2) is 59.8 Å². The lowest BCUT2D eigenvalue weighted by Crippen LogP contribution is -2.10. The Bertz CT molecular complexity index is 810. The maximum absolute atomic E-state index is 11.3. The molecule has 156 valence electrons. The zero-order valence-electron chi connectivity index (χ0n) is 18.1. The maximum atomic E-state index is 11.3. The van der Waals surface area contributed by atoms with Gasteiger partial charge in [0.1, 0.15) is 0 Å². The summed E-state index contributed by atoms with van der Waals surface area (Å²) in [6, 6.07) is 13.6. The third-order valence-electron chi connectivity index (χ3n) is 5.00. The highest BCUT2D eigenvalue weighted by molar-refractivity contribution is 5.54. The Morgan fingerprint density at radius 2 is 1.59 bits per heavy atom. The lowest BCUT2D eigenvalue weighted by Gasteiger charge is -2.22. The van der Waals surface area contributed by atoms with E-state index in [1.54, 1.807) is 33.5 Å². The van der Waals surface area contributed by atoms with E-state index in [0.717, 1.165) is 24.8 Å². The Balaban J connectivity index is 2.55. The fourth-order valence-electron chi connectivity index (χ4n) is 3.38. The predicted molar refractivity (Wildman–Crippen MR) is 117 cm³/mol. The van der Waals surface area contributed by atoms with Crippen molar-refractivity contribution in [2.75, 3.05) is 21.3 Å². The van der Waals surface area contributed by atoms with Gasteiger partial charge in [-0.25, -0.2) is 0 Å². The number of rotatable bonds is 10. The standard InChI is InChI=1S/C25H32O4/c1-6-11-18(7-2)14-15-21(19-12-9-8-10-13-19)24(26)20-16-22(27-3)25(29-5)23(17-20)28-4/h8-10,12-13,15-17,21,24,26H,6-7,11H2,1-5H3/t14?,21-,24-/m0/s1. The van der Waals surface area contributed by atoms with Crippen LogP contribution < -0.4 is 14.2 Å². The lowest BCUT2D eigenvalue weighted by atomic mass is 9.88. The third kappa shape index (κ3) is 5.66. The van der Waals surface area contributed by atoms with Gasteiger partial charge in [-0.1, -0.05) is 50.6 Å². The first-order valence-electron chi connectivity index (χ1n) is 10.1. The van der Waals surface area contributed by atoms with Gasteiger partial charge in [-0.15, -0.1) is 5.73 Å². The van der Waals surface area contributed by atoms with Crippen LogP contribution in [0.3, 0.4) is 0 Å². The van der Waals surface area contributed by atoms with Gasteiger partial charge in [0.25, 0.3) is 0 Å². The maximum Gasteiger partial charge on any atom is 0.203 e. The molecule has 4 heteroatoms. The number of ether oxygens (including phenoxy) is 3. The highest BCUT2D eigenvalue weighted by Crippen LogP contribution is 2.42. The van der Waals surface area contributed by atoms with E-state index < -0.39 is 6.10 Å². The molecule has 0 aliphatic heterocycles. The molecule has 0 aliphatic carbocycles. The lowest BCUT2D eigenvalue weighted by molar-refractivity contribution is 0.160. The molecule has 0 amide bonds. The van der Waals surface area contributed by atoms with Gasteiger partial charge in [-0.2, -0.15) is 0 Å². The van der Waals surface area contributed by atoms with E-state index in [1.165, 1.54) is 5.57 Å². The van der Waals surface area contributed by atoms with Crippen molar-refractivity contribution < 1.29 is 19.3 Å². The Morgan fingerprint density at radius 1 is 0.966 bits per heavy atom. The first-order chi connectivity index (χ1) is 14.1. The van der Waals surface area contributed by atoms with E-state index in [-0.39, 0.29) is 5.92 Å². The summed E-state index contributed by atoms with van der Waals surface area (Å²) < 4.78 is 16.3. The molecule has 0 bridgehead atoms. The summed E-state index contributed by atoms with van der Waals surface area (Å²) in [6.07, 6.45) is 4.23. The monoisotopic (exact) mass is 396 g/mol. The molecule has 0 radical (unpaired) electrons. The molecule has 0 fully saturated rings. The molecule has 2 aromatic carbocycles. The van der Waals surface area contributed by atoms with Crippen LogP contribution in [0.5, 0.6) is 17.2 Å². The molecule has 0 saturated carbocycles. The molecule has 2 atom stereocenters. The van der Waals surface area contributed by atoms with Gasteiger partial charge in [-0.3, -0.25) is 0 Å². The summed E-state index contributed by atoms with van der Waals surface area (Å²) in [6.45, 7) is 4.30. The Hall–Kier alpha value is -2.68. The molecule has 0 aliphatic rings. The van der Waals surface area contributed by atoms with E-state index >= 15 is 0 Å². The number of hydrogen-bond acceptors (Lipinski definition) is 4. The largest absolute Gasteiger partial charge is 0.493 e. The summed E-state index contributed by atoms with van der Waals surface area (Å²) in [5, 5.41) is 11.3. The molecule has 0 saturated heterocycles. The molecular weight excluding hydrogens is 364 g/mol. The zero-order chi connectivity index (χ0) is 21.2. The minimum Gasteiger partial charge on any atom is -0.493 e. The molecule has 2 rings (SSSR count). The van der Waals surface area contributed by atoms with Crippen LogP contribution in [0, 0.1) is 0 Å². The van der Waals surface area contributed by atoms with E-state index in [4.69, 9.17) is 14.2 Å². The normalized spacial score (nSPS) is 12.5. The van der Waals surface area contributed by atoms with Crippen molar-refractivity contribution >= 4 is 0 Å². The molecule has 2 aromatic rings. The van der Waals surface area contributed by atoms with Gasteiger partial charge in [-0.05, 0) is 47.8 Å². The fraction of sp³-hybridized carbons (Fsp3) is 0.400. The average molecular weight is 397 g/mol. The van der Waals surface area contributed by atoms with Crippen LogP contribution in [0.4, 0.5) is 0 Å². The molecule has 0 aromatic heterocycles. The summed E-state index contributed by atoms with van der Waals surface area (Å²) in [4.78, 5) is 0. The van der Waals surface area contributed by atoms with Crippen LogP contribution >= 0.6 is 0 Å². The van der Waals surface area contributed by atoms with Crippen molar-refractivity contribution in [3.63, 3.8) is 0 Å². The first kappa shape index (κ1) is 22.6. The van der Waals surface area contributed by atoms with Gasteiger partial charge in [0, 0.05) is 5.92 Å². The molecule has 1 N–H and O–H groups in total. The second kappa shape index (κ2) is 11.4. The van der Waals surface area contributed by atoms with E-state index in [9.17, 15) is 5.11 Å². The Morgan fingerprint density at radius 3 is 2.07 bits per heavy atom. The SMILES string of the molecule is CCCC(=C=C[C@@H](c1ccccc1)[C@@H](O)c1cc(OC)c(OC)c(OC)c1)CC. The van der Waals surface area contributed by atoms with Gasteiger partial charge in [0.15, 0.2) is 11.5 Å². The quantitative estimate of drug-likeness (QED) is 0.514. The van der Waals surface area contributed by atoms with Crippen molar-refractivity contribution in [2.45, 2.75) is 45.1 Å². The smallest absolute Gasteiger partial charge is 0.203 e. The summed E-state index contributed by atoms with van der Waals surface area (Å²) in [5.74, 6) is 1.30. The molecular formula is C25H32O4. The van der Waals surface area contributed by atoms with Crippen LogP contribution in [-0.4, -0.2) is 26.4 Å². The minimum atomic E-state index is -0.793. The number of methoxy groups -OCH3 is 3. The van der Waals surface area contributed by atoms with Crippen LogP contribution in [0.2, 0.25) is 0 Å². The summed E-state index contributed by atoms with van der Waals surface area (Å²) >= 11 is 0. The average Bonchev–Trinajstić information content (AvgIpc) is 2.77.